The zero-order chi connectivity index (χ0) is 13.2. The van der Waals surface area contributed by atoms with Gasteiger partial charge < -0.3 is 14.5 Å². The highest BCUT2D eigenvalue weighted by Crippen LogP contribution is 2.32. The molecule has 19 heavy (non-hydrogen) atoms. The van der Waals surface area contributed by atoms with E-state index >= 15 is 0 Å². The summed E-state index contributed by atoms with van der Waals surface area (Å²) in [5.41, 5.74) is 2.15. The van der Waals surface area contributed by atoms with Gasteiger partial charge in [-0.15, -0.1) is 0 Å². The second-order valence-corrected chi connectivity index (χ2v) is 5.26. The van der Waals surface area contributed by atoms with Crippen molar-refractivity contribution in [1.29, 1.82) is 0 Å². The van der Waals surface area contributed by atoms with E-state index in [0.717, 1.165) is 43.7 Å². The number of fused-ring (bicyclic) bond motifs is 1. The molecule has 1 aromatic rings. The molecule has 1 aromatic carbocycles. The Bertz CT molecular complexity index is 469. The van der Waals surface area contributed by atoms with Crippen LogP contribution in [0.4, 0.5) is 11.4 Å². The molecule has 0 unspecified atom stereocenters. The lowest BCUT2D eigenvalue weighted by Crippen LogP contribution is -2.39. The first-order valence-electron chi connectivity index (χ1n) is 7.00. The molecule has 0 saturated carbocycles. The summed E-state index contributed by atoms with van der Waals surface area (Å²) in [5.74, 6) is 0.125. The standard InChI is InChI=1S/C15H20N2O2/c1-16-9-5-10-17(13-7-3-2-6-12(13)16)15(18)14-8-4-11-19-14/h2-3,6-7,14H,4-5,8-11H2,1H3/t14-/m1/s1. The van der Waals surface area contributed by atoms with E-state index in [4.69, 9.17) is 4.74 Å². The van der Waals surface area contributed by atoms with Crippen LogP contribution in [-0.4, -0.2) is 38.8 Å². The maximum Gasteiger partial charge on any atom is 0.256 e. The number of carbonyl (C=O) groups is 1. The molecule has 0 aliphatic carbocycles. The van der Waals surface area contributed by atoms with E-state index in [2.05, 4.69) is 18.0 Å². The molecule has 1 atom stereocenters. The van der Waals surface area contributed by atoms with Crippen LogP contribution >= 0.6 is 0 Å². The van der Waals surface area contributed by atoms with E-state index < -0.39 is 0 Å². The number of benzene rings is 1. The van der Waals surface area contributed by atoms with E-state index in [9.17, 15) is 4.79 Å². The van der Waals surface area contributed by atoms with Gasteiger partial charge in [0.15, 0.2) is 0 Å². The molecule has 102 valence electrons. The summed E-state index contributed by atoms with van der Waals surface area (Å²) in [4.78, 5) is 16.7. The van der Waals surface area contributed by atoms with Crippen molar-refractivity contribution in [2.75, 3.05) is 36.5 Å². The second kappa shape index (κ2) is 5.21. The van der Waals surface area contributed by atoms with Crippen molar-refractivity contribution in [3.05, 3.63) is 24.3 Å². The predicted octanol–water partition coefficient (Wildman–Crippen LogP) is 2.04. The van der Waals surface area contributed by atoms with Crippen molar-refractivity contribution in [1.82, 2.24) is 0 Å². The zero-order valence-corrected chi connectivity index (χ0v) is 11.3. The number of amides is 1. The molecule has 4 heteroatoms. The number of nitrogens with zero attached hydrogens (tertiary/aromatic N) is 2. The Morgan fingerprint density at radius 1 is 1.21 bits per heavy atom. The number of rotatable bonds is 1. The van der Waals surface area contributed by atoms with Gasteiger partial charge in [-0.25, -0.2) is 0 Å². The molecule has 2 heterocycles. The van der Waals surface area contributed by atoms with Crippen molar-refractivity contribution in [2.45, 2.75) is 25.4 Å². The van der Waals surface area contributed by atoms with E-state index in [1.54, 1.807) is 0 Å². The van der Waals surface area contributed by atoms with Gasteiger partial charge >= 0.3 is 0 Å². The Balaban J connectivity index is 1.92. The molecule has 2 aliphatic rings. The van der Waals surface area contributed by atoms with Crippen molar-refractivity contribution in [3.63, 3.8) is 0 Å². The molecule has 0 aromatic heterocycles. The van der Waals surface area contributed by atoms with Gasteiger partial charge in [-0.1, -0.05) is 12.1 Å². The second-order valence-electron chi connectivity index (χ2n) is 5.26. The molecule has 2 aliphatic heterocycles. The fourth-order valence-corrected chi connectivity index (χ4v) is 2.90. The Morgan fingerprint density at radius 3 is 2.74 bits per heavy atom. The summed E-state index contributed by atoms with van der Waals surface area (Å²) in [6, 6.07) is 8.13. The monoisotopic (exact) mass is 260 g/mol. The Morgan fingerprint density at radius 2 is 2.00 bits per heavy atom. The summed E-state index contributed by atoms with van der Waals surface area (Å²) in [6.45, 7) is 2.47. The summed E-state index contributed by atoms with van der Waals surface area (Å²) in [7, 11) is 2.08. The van der Waals surface area contributed by atoms with Gasteiger partial charge in [-0.05, 0) is 31.4 Å². The number of anilines is 2. The Kier molecular flexibility index (Phi) is 3.42. The van der Waals surface area contributed by atoms with E-state index in [1.165, 1.54) is 0 Å². The molecular weight excluding hydrogens is 240 g/mol. The van der Waals surface area contributed by atoms with Crippen LogP contribution in [0, 0.1) is 0 Å². The van der Waals surface area contributed by atoms with Crippen molar-refractivity contribution >= 4 is 17.3 Å². The zero-order valence-electron chi connectivity index (χ0n) is 11.3. The molecular formula is C15H20N2O2. The van der Waals surface area contributed by atoms with Crippen molar-refractivity contribution in [3.8, 4) is 0 Å². The summed E-state index contributed by atoms with van der Waals surface area (Å²) < 4.78 is 5.55. The maximum absolute atomic E-state index is 12.6. The molecule has 0 N–H and O–H groups in total. The molecule has 0 spiro atoms. The minimum atomic E-state index is -0.239. The van der Waals surface area contributed by atoms with E-state index in [1.807, 2.05) is 23.1 Å². The minimum absolute atomic E-state index is 0.125. The molecule has 1 fully saturated rings. The Labute approximate surface area is 113 Å². The lowest BCUT2D eigenvalue weighted by molar-refractivity contribution is -0.127. The first kappa shape index (κ1) is 12.5. The lowest BCUT2D eigenvalue weighted by Gasteiger charge is -2.26. The highest BCUT2D eigenvalue weighted by molar-refractivity contribution is 5.99. The van der Waals surface area contributed by atoms with Gasteiger partial charge in [0.05, 0.1) is 11.4 Å². The first-order valence-corrected chi connectivity index (χ1v) is 7.00. The topological polar surface area (TPSA) is 32.8 Å². The third-order valence-electron chi connectivity index (χ3n) is 3.93. The molecule has 0 radical (unpaired) electrons. The fraction of sp³-hybridized carbons (Fsp3) is 0.533. The number of ether oxygens (including phenoxy) is 1. The predicted molar refractivity (Wildman–Crippen MR) is 75.7 cm³/mol. The fourth-order valence-electron chi connectivity index (χ4n) is 2.90. The summed E-state index contributed by atoms with van der Waals surface area (Å²) in [5, 5.41) is 0. The average Bonchev–Trinajstić information content (AvgIpc) is 2.91. The third kappa shape index (κ3) is 2.32. The SMILES string of the molecule is CN1CCCN(C(=O)[C@H]2CCCO2)c2ccccc21. The largest absolute Gasteiger partial charge is 0.373 e. The summed E-state index contributed by atoms with van der Waals surface area (Å²) in [6.07, 6.45) is 2.60. The van der Waals surface area contributed by atoms with Gasteiger partial charge in [0.2, 0.25) is 0 Å². The van der Waals surface area contributed by atoms with Gasteiger partial charge in [0.25, 0.3) is 5.91 Å². The number of carbonyl (C=O) groups excluding carboxylic acids is 1. The van der Waals surface area contributed by atoms with Crippen LogP contribution in [-0.2, 0) is 9.53 Å². The van der Waals surface area contributed by atoms with Crippen LogP contribution in [0.5, 0.6) is 0 Å². The smallest absolute Gasteiger partial charge is 0.256 e. The lowest BCUT2D eigenvalue weighted by atomic mass is 10.2. The van der Waals surface area contributed by atoms with E-state index in [-0.39, 0.29) is 12.0 Å². The quantitative estimate of drug-likeness (QED) is 0.774. The first-order chi connectivity index (χ1) is 9.27. The van der Waals surface area contributed by atoms with Crippen LogP contribution in [0.1, 0.15) is 19.3 Å². The highest BCUT2D eigenvalue weighted by Gasteiger charge is 2.31. The normalized spacial score (nSPS) is 23.1. The van der Waals surface area contributed by atoms with Gasteiger partial charge in [-0.3, -0.25) is 4.79 Å². The van der Waals surface area contributed by atoms with Crippen LogP contribution in [0.15, 0.2) is 24.3 Å². The van der Waals surface area contributed by atoms with Gasteiger partial charge in [0.1, 0.15) is 6.10 Å². The molecule has 0 bridgehead atoms. The molecule has 4 nitrogen and oxygen atoms in total. The maximum atomic E-state index is 12.6. The van der Waals surface area contributed by atoms with Gasteiger partial charge in [0, 0.05) is 26.7 Å². The number of hydrogen-bond donors (Lipinski definition) is 0. The van der Waals surface area contributed by atoms with Crippen LogP contribution < -0.4 is 9.80 Å². The van der Waals surface area contributed by atoms with E-state index in [0.29, 0.717) is 6.61 Å². The van der Waals surface area contributed by atoms with Crippen LogP contribution in [0.25, 0.3) is 0 Å². The molecule has 3 rings (SSSR count). The molecule has 1 amide bonds. The van der Waals surface area contributed by atoms with Gasteiger partial charge in [-0.2, -0.15) is 0 Å². The van der Waals surface area contributed by atoms with Crippen molar-refractivity contribution < 1.29 is 9.53 Å². The number of hydrogen-bond acceptors (Lipinski definition) is 3. The van der Waals surface area contributed by atoms with Crippen molar-refractivity contribution in [2.24, 2.45) is 0 Å². The third-order valence-corrected chi connectivity index (χ3v) is 3.93. The molecule has 1 saturated heterocycles. The highest BCUT2D eigenvalue weighted by atomic mass is 16.5. The summed E-state index contributed by atoms with van der Waals surface area (Å²) >= 11 is 0. The number of para-hydroxylation sites is 2. The average molecular weight is 260 g/mol. The minimum Gasteiger partial charge on any atom is -0.373 e. The van der Waals surface area contributed by atoms with Crippen LogP contribution in [0.2, 0.25) is 0 Å². The van der Waals surface area contributed by atoms with Crippen LogP contribution in [0.3, 0.4) is 0 Å². The Hall–Kier alpha value is -1.55.